The second kappa shape index (κ2) is 7.60. The summed E-state index contributed by atoms with van der Waals surface area (Å²) < 4.78 is 0. The van der Waals surface area contributed by atoms with Gasteiger partial charge in [0.1, 0.15) is 6.54 Å². The van der Waals surface area contributed by atoms with Crippen molar-refractivity contribution in [3.05, 3.63) is 10.4 Å². The maximum atomic E-state index is 10.6. The Morgan fingerprint density at radius 1 is 1.58 bits per heavy atom. The molecule has 0 fully saturated rings. The van der Waals surface area contributed by atoms with Gasteiger partial charge in [-0.25, -0.2) is 0 Å². The Labute approximate surface area is 93.3 Å². The average molecular weight is 185 g/mol. The summed E-state index contributed by atoms with van der Waals surface area (Å²) in [6.07, 6.45) is 0. The number of aliphatic hydroxyl groups is 1. The monoisotopic (exact) mass is 185 g/mol. The Hall–Kier alpha value is -0.0400. The van der Waals surface area contributed by atoms with Gasteiger partial charge in [0.05, 0.1) is 12.6 Å². The fourth-order valence-corrected chi connectivity index (χ4v) is 0.691. The summed E-state index contributed by atoms with van der Waals surface area (Å²) in [5.74, 6) is 0. The molecule has 0 aromatic rings. The maximum absolute atomic E-state index is 10.6. The van der Waals surface area contributed by atoms with Gasteiger partial charge in [-0.2, -0.15) is 0 Å². The average Bonchev–Trinajstić information content (AvgIpc) is 1.98. The third-order valence-electron chi connectivity index (χ3n) is 1.21. The minimum absolute atomic E-state index is 0. The first-order valence-electron chi connectivity index (χ1n) is 3.31. The van der Waals surface area contributed by atoms with E-state index in [1.54, 1.807) is 13.8 Å². The quantitative estimate of drug-likeness (QED) is 0.220. The number of hydrogen-bond acceptors (Lipinski definition) is 4. The summed E-state index contributed by atoms with van der Waals surface area (Å²) in [7, 11) is 0. The van der Waals surface area contributed by atoms with Gasteiger partial charge in [0, 0.05) is 4.97 Å². The van der Waals surface area contributed by atoms with Crippen LogP contribution in [0.4, 0.5) is 0 Å². The van der Waals surface area contributed by atoms with Crippen LogP contribution in [0, 0.1) is 10.4 Å². The molecule has 6 nitrogen and oxygen atoms in total. The molecule has 0 rings (SSSR count). The molecular formula is C5H12N3NaO3. The third-order valence-corrected chi connectivity index (χ3v) is 1.21. The smallest absolute Gasteiger partial charge is 0.737 e. The second-order valence-corrected chi connectivity index (χ2v) is 2.31. The van der Waals surface area contributed by atoms with Crippen molar-refractivity contribution in [1.29, 1.82) is 0 Å². The summed E-state index contributed by atoms with van der Waals surface area (Å²) in [5.41, 5.74) is 0. The Bertz CT molecular complexity index is 142. The van der Waals surface area contributed by atoms with Crippen LogP contribution in [0.2, 0.25) is 0 Å². The molecule has 1 N–H and O–H groups in total. The van der Waals surface area contributed by atoms with Gasteiger partial charge in [0.2, 0.25) is 0 Å². The number of nitrogens with zero attached hydrogens (tertiary/aromatic N) is 3. The molecule has 0 spiro atoms. The molecule has 0 saturated carbocycles. The van der Waals surface area contributed by atoms with Gasteiger partial charge in [-0.05, 0) is 19.1 Å². The Balaban J connectivity index is 0. The second-order valence-electron chi connectivity index (χ2n) is 2.31. The fourth-order valence-electron chi connectivity index (χ4n) is 0.691. The van der Waals surface area contributed by atoms with E-state index in [0.717, 1.165) is 5.01 Å². The standard InChI is InChI=1S/C5H13N3O3.Na/c1-5(2)7(3-4-9)8(11)6-10;/h5,9-10H,3-4H2,1-2H3;/q;+1/p-1/b8-6-;. The summed E-state index contributed by atoms with van der Waals surface area (Å²) >= 11 is 0. The van der Waals surface area contributed by atoms with Gasteiger partial charge >= 0.3 is 29.6 Å². The first-order valence-corrected chi connectivity index (χ1v) is 3.31. The summed E-state index contributed by atoms with van der Waals surface area (Å²) in [5, 5.41) is 32.1. The van der Waals surface area contributed by atoms with Gasteiger partial charge in [0.15, 0.2) is 0 Å². The molecule has 12 heavy (non-hydrogen) atoms. The van der Waals surface area contributed by atoms with Crippen LogP contribution in [0.25, 0.3) is 0 Å². The summed E-state index contributed by atoms with van der Waals surface area (Å²) in [6, 6.07) is -0.141. The predicted molar refractivity (Wildman–Crippen MR) is 38.4 cm³/mol. The zero-order valence-corrected chi connectivity index (χ0v) is 9.60. The Kier molecular flexibility index (Phi) is 9.17. The van der Waals surface area contributed by atoms with Gasteiger partial charge in [-0.3, -0.25) is 0 Å². The number of aliphatic hydroxyl groups excluding tert-OH is 1. The molecule has 0 aromatic carbocycles. The van der Waals surface area contributed by atoms with Crippen LogP contribution in [-0.2, 0) is 0 Å². The van der Waals surface area contributed by atoms with E-state index in [0.29, 0.717) is 0 Å². The van der Waals surface area contributed by atoms with Crippen molar-refractivity contribution in [3.8, 4) is 0 Å². The topological polar surface area (TPSA) is 85.0 Å². The van der Waals surface area contributed by atoms with Crippen LogP contribution >= 0.6 is 0 Å². The Morgan fingerprint density at radius 2 is 2.08 bits per heavy atom. The van der Waals surface area contributed by atoms with E-state index in [-0.39, 0.29) is 53.7 Å². The summed E-state index contributed by atoms with van der Waals surface area (Å²) in [6.45, 7) is 3.40. The van der Waals surface area contributed by atoms with Crippen molar-refractivity contribution in [2.24, 2.45) is 5.28 Å². The van der Waals surface area contributed by atoms with Crippen LogP contribution in [0.3, 0.4) is 0 Å². The molecular weight excluding hydrogens is 173 g/mol. The van der Waals surface area contributed by atoms with Gasteiger partial charge in [-0.15, -0.1) is 5.01 Å². The van der Waals surface area contributed by atoms with Crippen LogP contribution in [0.5, 0.6) is 0 Å². The molecule has 0 saturated heterocycles. The minimum Gasteiger partial charge on any atom is -0.737 e. The molecule has 0 atom stereocenters. The maximum Gasteiger partial charge on any atom is 1.00 e. The Morgan fingerprint density at radius 3 is 2.33 bits per heavy atom. The molecule has 0 heterocycles. The molecule has 0 aliphatic carbocycles. The molecule has 0 aliphatic rings. The van der Waals surface area contributed by atoms with Gasteiger partial charge in [0.25, 0.3) is 0 Å². The van der Waals surface area contributed by atoms with E-state index >= 15 is 0 Å². The molecule has 0 bridgehead atoms. The van der Waals surface area contributed by atoms with E-state index in [1.165, 1.54) is 0 Å². The van der Waals surface area contributed by atoms with Crippen LogP contribution in [0.15, 0.2) is 5.28 Å². The van der Waals surface area contributed by atoms with Crippen LogP contribution in [0.1, 0.15) is 13.8 Å². The molecule has 0 unspecified atom stereocenters. The van der Waals surface area contributed by atoms with E-state index in [4.69, 9.17) is 5.11 Å². The van der Waals surface area contributed by atoms with E-state index in [2.05, 4.69) is 5.28 Å². The molecule has 0 aliphatic heterocycles. The fraction of sp³-hybridized carbons (Fsp3) is 1.00. The first-order chi connectivity index (χ1) is 5.13. The van der Waals surface area contributed by atoms with Crippen molar-refractivity contribution >= 4 is 0 Å². The van der Waals surface area contributed by atoms with Crippen molar-refractivity contribution < 1.29 is 39.6 Å². The molecule has 66 valence electrons. The third kappa shape index (κ3) is 4.76. The first kappa shape index (κ1) is 14.5. The van der Waals surface area contributed by atoms with E-state index in [1.807, 2.05) is 0 Å². The minimum atomic E-state index is -0.174. The molecule has 0 aromatic heterocycles. The largest absolute Gasteiger partial charge is 1.00 e. The van der Waals surface area contributed by atoms with Crippen LogP contribution in [-0.4, -0.2) is 34.3 Å². The molecule has 7 heteroatoms. The number of hydrogen-bond donors (Lipinski definition) is 1. The zero-order valence-electron chi connectivity index (χ0n) is 7.60. The molecule has 0 amide bonds. The van der Waals surface area contributed by atoms with Crippen molar-refractivity contribution in [1.82, 2.24) is 5.01 Å². The van der Waals surface area contributed by atoms with Crippen LogP contribution < -0.4 is 29.6 Å². The summed E-state index contributed by atoms with van der Waals surface area (Å²) in [4.78, 5) is -0.0547. The van der Waals surface area contributed by atoms with Crippen molar-refractivity contribution in [2.75, 3.05) is 13.2 Å². The molecule has 0 radical (unpaired) electrons. The van der Waals surface area contributed by atoms with Gasteiger partial charge < -0.3 is 15.5 Å². The van der Waals surface area contributed by atoms with E-state index in [9.17, 15) is 10.4 Å². The van der Waals surface area contributed by atoms with Crippen molar-refractivity contribution in [3.63, 3.8) is 0 Å². The normalized spacial score (nSPS) is 11.2. The predicted octanol–water partition coefficient (Wildman–Crippen LogP) is -2.93. The zero-order chi connectivity index (χ0) is 8.85. The SMILES string of the molecule is CC(C)N(CCO)/[N+]([O-])=N/[O-].[Na+]. The number of hydrazine groups is 1. The van der Waals surface area contributed by atoms with E-state index < -0.39 is 0 Å². The number of rotatable bonds is 4. The van der Waals surface area contributed by atoms with Gasteiger partial charge in [-0.1, -0.05) is 0 Å². The van der Waals surface area contributed by atoms with Crippen molar-refractivity contribution in [2.45, 2.75) is 19.9 Å².